The fourth-order valence-corrected chi connectivity index (χ4v) is 2.74. The van der Waals surface area contributed by atoms with Crippen LogP contribution in [0.25, 0.3) is 11.0 Å². The summed E-state index contributed by atoms with van der Waals surface area (Å²) < 4.78 is 3.22. The van der Waals surface area contributed by atoms with Crippen LogP contribution in [0.5, 0.6) is 0 Å². The first-order chi connectivity index (χ1) is 5.72. The van der Waals surface area contributed by atoms with Crippen molar-refractivity contribution in [1.82, 2.24) is 5.56 Å². The van der Waals surface area contributed by atoms with E-state index >= 15 is 0 Å². The molecule has 1 heterocycles. The maximum absolute atomic E-state index is 11.4. The van der Waals surface area contributed by atoms with Crippen LogP contribution in [0.15, 0.2) is 29.1 Å². The lowest BCUT2D eigenvalue weighted by molar-refractivity contribution is 1.17. The first-order valence-electron chi connectivity index (χ1n) is 3.26. The van der Waals surface area contributed by atoms with E-state index < -0.39 is 0 Å². The molecule has 0 aliphatic carbocycles. The molecular formula is C7H4I2N2O. The van der Waals surface area contributed by atoms with Crippen LogP contribution in [0.4, 0.5) is 0 Å². The Labute approximate surface area is 96.4 Å². The fraction of sp³-hybridized carbons (Fsp3) is 0. The highest BCUT2D eigenvalue weighted by Gasteiger charge is 2.07. The average molecular weight is 386 g/mol. The number of hydrogen-bond donors (Lipinski definition) is 0. The van der Waals surface area contributed by atoms with Gasteiger partial charge in [0.25, 0.3) is 0 Å². The van der Waals surface area contributed by atoms with Gasteiger partial charge in [-0.15, -0.1) is 0 Å². The van der Waals surface area contributed by atoms with Crippen LogP contribution in [0, 0.1) is 0 Å². The number of aromatic nitrogens is 2. The number of rotatable bonds is 0. The van der Waals surface area contributed by atoms with E-state index in [0.29, 0.717) is 0 Å². The van der Waals surface area contributed by atoms with Crippen LogP contribution < -0.4 is 5.69 Å². The molecule has 0 aliphatic rings. The first-order valence-corrected chi connectivity index (χ1v) is 5.19. The quantitative estimate of drug-likeness (QED) is 0.639. The lowest BCUT2D eigenvalue weighted by Gasteiger charge is -1.88. The van der Waals surface area contributed by atoms with Gasteiger partial charge in [-0.1, -0.05) is 12.1 Å². The van der Waals surface area contributed by atoms with Crippen molar-refractivity contribution >= 4 is 56.8 Å². The van der Waals surface area contributed by atoms with Gasteiger partial charge in [-0.05, 0) is 12.1 Å². The number of nitrogens with zero attached hydrogens (tertiary/aromatic N) is 2. The molecule has 0 spiro atoms. The fourth-order valence-electron chi connectivity index (χ4n) is 1.08. The van der Waals surface area contributed by atoms with E-state index in [1.54, 1.807) is 5.56 Å². The molecule has 0 amide bonds. The molecule has 1 aromatic heterocycles. The number of fused-ring (bicyclic) bond motifs is 1. The minimum atomic E-state index is -0.00241. The maximum atomic E-state index is 11.4. The van der Waals surface area contributed by atoms with Crippen LogP contribution in [0.2, 0.25) is 0 Å². The third kappa shape index (κ3) is 1.10. The molecule has 5 heteroatoms. The van der Waals surface area contributed by atoms with E-state index in [-0.39, 0.29) is 5.69 Å². The van der Waals surface area contributed by atoms with E-state index in [4.69, 9.17) is 0 Å². The van der Waals surface area contributed by atoms with Gasteiger partial charge < -0.3 is 0 Å². The SMILES string of the molecule is O=c1n(I)c2ccccc2n1I. The van der Waals surface area contributed by atoms with E-state index in [9.17, 15) is 4.79 Å². The highest BCUT2D eigenvalue weighted by Crippen LogP contribution is 2.15. The van der Waals surface area contributed by atoms with Crippen molar-refractivity contribution in [2.75, 3.05) is 0 Å². The summed E-state index contributed by atoms with van der Waals surface area (Å²) in [6, 6.07) is 7.71. The lowest BCUT2D eigenvalue weighted by Crippen LogP contribution is -2.12. The Bertz CT molecular complexity index is 444. The number of halogens is 2. The maximum Gasteiger partial charge on any atom is 0.347 e. The highest BCUT2D eigenvalue weighted by molar-refractivity contribution is 14.1. The van der Waals surface area contributed by atoms with Crippen LogP contribution >= 0.6 is 45.7 Å². The van der Waals surface area contributed by atoms with Gasteiger partial charge >= 0.3 is 5.69 Å². The molecule has 2 rings (SSSR count). The summed E-state index contributed by atoms with van der Waals surface area (Å²) >= 11 is 4.00. The Morgan fingerprint density at radius 2 is 1.42 bits per heavy atom. The first kappa shape index (κ1) is 8.54. The average Bonchev–Trinajstić information content (AvgIpc) is 2.33. The van der Waals surface area contributed by atoms with Gasteiger partial charge in [0.15, 0.2) is 0 Å². The van der Waals surface area contributed by atoms with Crippen LogP contribution in [0.3, 0.4) is 0 Å². The zero-order valence-corrected chi connectivity index (χ0v) is 10.2. The Hall–Kier alpha value is -0.0500. The second-order valence-electron chi connectivity index (χ2n) is 2.33. The van der Waals surface area contributed by atoms with E-state index in [0.717, 1.165) is 11.0 Å². The predicted octanol–water partition coefficient (Wildman–Crippen LogP) is 2.20. The second kappa shape index (κ2) is 3.02. The molecule has 0 atom stereocenters. The summed E-state index contributed by atoms with van der Waals surface area (Å²) in [5.41, 5.74) is 1.91. The molecule has 1 aromatic carbocycles. The topological polar surface area (TPSA) is 26.9 Å². The minimum Gasteiger partial charge on any atom is -0.246 e. The van der Waals surface area contributed by atoms with E-state index in [2.05, 4.69) is 0 Å². The van der Waals surface area contributed by atoms with Crippen molar-refractivity contribution in [2.45, 2.75) is 0 Å². The Morgan fingerprint density at radius 1 is 1.00 bits per heavy atom. The largest absolute Gasteiger partial charge is 0.347 e. The molecule has 0 aliphatic heterocycles. The Balaban J connectivity index is 3.09. The van der Waals surface area contributed by atoms with Gasteiger partial charge in [-0.25, -0.2) is 10.4 Å². The zero-order valence-electron chi connectivity index (χ0n) is 5.87. The monoisotopic (exact) mass is 386 g/mol. The number of hydrogen-bond acceptors (Lipinski definition) is 1. The Kier molecular flexibility index (Phi) is 2.15. The van der Waals surface area contributed by atoms with Crippen molar-refractivity contribution in [3.8, 4) is 0 Å². The number of imidazole rings is 1. The van der Waals surface area contributed by atoms with Gasteiger partial charge in [0.1, 0.15) is 0 Å². The van der Waals surface area contributed by atoms with Gasteiger partial charge in [-0.3, -0.25) is 0 Å². The molecule has 0 radical (unpaired) electrons. The normalized spacial score (nSPS) is 10.8. The summed E-state index contributed by atoms with van der Waals surface area (Å²) in [4.78, 5) is 11.4. The molecule has 0 saturated carbocycles. The van der Waals surface area contributed by atoms with Gasteiger partial charge in [0.05, 0.1) is 56.8 Å². The summed E-state index contributed by atoms with van der Waals surface area (Å²) in [6.45, 7) is 0. The number of benzene rings is 1. The second-order valence-corrected chi connectivity index (χ2v) is 4.26. The zero-order chi connectivity index (χ0) is 8.72. The van der Waals surface area contributed by atoms with Crippen molar-refractivity contribution in [2.24, 2.45) is 0 Å². The smallest absolute Gasteiger partial charge is 0.246 e. The predicted molar refractivity (Wildman–Crippen MR) is 65.0 cm³/mol. The van der Waals surface area contributed by atoms with Crippen LogP contribution in [-0.4, -0.2) is 5.56 Å². The van der Waals surface area contributed by atoms with E-state index in [1.165, 1.54) is 0 Å². The third-order valence-corrected chi connectivity index (χ3v) is 3.51. The molecule has 0 bridgehead atoms. The van der Waals surface area contributed by atoms with E-state index in [1.807, 2.05) is 70.0 Å². The molecule has 0 saturated heterocycles. The minimum absolute atomic E-state index is 0.00241. The lowest BCUT2D eigenvalue weighted by atomic mass is 10.3. The standard InChI is InChI=1S/C7H4I2N2O/c8-10-5-3-1-2-4-6(5)11(9)7(10)12/h1-4H. The highest BCUT2D eigenvalue weighted by atomic mass is 127. The van der Waals surface area contributed by atoms with Crippen molar-refractivity contribution in [3.63, 3.8) is 0 Å². The van der Waals surface area contributed by atoms with Crippen molar-refractivity contribution in [3.05, 3.63) is 34.7 Å². The van der Waals surface area contributed by atoms with Crippen LogP contribution in [-0.2, 0) is 0 Å². The molecule has 62 valence electrons. The summed E-state index contributed by atoms with van der Waals surface area (Å²) in [5.74, 6) is 0. The third-order valence-electron chi connectivity index (χ3n) is 1.64. The summed E-state index contributed by atoms with van der Waals surface area (Å²) in [7, 11) is 0. The molecule has 12 heavy (non-hydrogen) atoms. The van der Waals surface area contributed by atoms with Gasteiger partial charge in [0, 0.05) is 0 Å². The van der Waals surface area contributed by atoms with Gasteiger partial charge in [-0.2, -0.15) is 0 Å². The molecule has 0 unspecified atom stereocenters. The van der Waals surface area contributed by atoms with Crippen molar-refractivity contribution < 1.29 is 0 Å². The molecule has 0 N–H and O–H groups in total. The van der Waals surface area contributed by atoms with Crippen molar-refractivity contribution in [1.29, 1.82) is 0 Å². The Morgan fingerprint density at radius 3 is 1.83 bits per heavy atom. The summed E-state index contributed by atoms with van der Waals surface area (Å²) in [6.07, 6.45) is 0. The molecule has 2 aromatic rings. The molecular weight excluding hydrogens is 382 g/mol. The number of para-hydroxylation sites is 2. The van der Waals surface area contributed by atoms with Gasteiger partial charge in [0.2, 0.25) is 0 Å². The molecule has 0 fully saturated rings. The summed E-state index contributed by atoms with van der Waals surface area (Å²) in [5, 5.41) is 0. The van der Waals surface area contributed by atoms with Crippen LogP contribution in [0.1, 0.15) is 0 Å². The molecule has 3 nitrogen and oxygen atoms in total.